The topological polar surface area (TPSA) is 27.0 Å². The molecule has 0 saturated carbocycles. The predicted octanol–water partition coefficient (Wildman–Crippen LogP) is 2.92. The summed E-state index contributed by atoms with van der Waals surface area (Å²) in [5.74, 6) is 0. The molecule has 0 atom stereocenters. The summed E-state index contributed by atoms with van der Waals surface area (Å²) in [6.07, 6.45) is 3.20. The van der Waals surface area contributed by atoms with Crippen molar-refractivity contribution in [1.82, 2.24) is 4.90 Å². The first kappa shape index (κ1) is 11.6. The molecule has 2 rings (SSSR count). The monoisotopic (exact) mass is 234 g/mol. The van der Waals surface area contributed by atoms with Gasteiger partial charge in [0.25, 0.3) is 0 Å². The molecule has 2 nitrogen and oxygen atoms in total. The van der Waals surface area contributed by atoms with Gasteiger partial charge in [0.1, 0.15) is 0 Å². The van der Waals surface area contributed by atoms with Gasteiger partial charge in [0.15, 0.2) is 0 Å². The number of hydrogen-bond acceptors (Lipinski definition) is 3. The van der Waals surface area contributed by atoms with E-state index in [1.165, 1.54) is 4.88 Å². The third-order valence-electron chi connectivity index (χ3n) is 3.48. The Labute approximate surface area is 102 Å². The Hall–Kier alpha value is -0.850. The van der Waals surface area contributed by atoms with E-state index >= 15 is 0 Å². The standard InChI is InChI=1S/C13H18N2S/c1-13(11-14)5-8-15(9-6-13)7-4-12-3-2-10-16-12/h2-3,10H,4-9H2,1H3. The van der Waals surface area contributed by atoms with Crippen LogP contribution in [0.3, 0.4) is 0 Å². The van der Waals surface area contributed by atoms with E-state index in [9.17, 15) is 0 Å². The fraction of sp³-hybridized carbons (Fsp3) is 0.615. The first-order valence-corrected chi connectivity index (χ1v) is 6.76. The van der Waals surface area contributed by atoms with Gasteiger partial charge in [0, 0.05) is 11.4 Å². The molecule has 1 aromatic heterocycles. The Morgan fingerprint density at radius 3 is 2.81 bits per heavy atom. The largest absolute Gasteiger partial charge is 0.303 e. The van der Waals surface area contributed by atoms with E-state index < -0.39 is 0 Å². The maximum Gasteiger partial charge on any atom is 0.0687 e. The summed E-state index contributed by atoms with van der Waals surface area (Å²) in [5.41, 5.74) is -0.0700. The predicted molar refractivity (Wildman–Crippen MR) is 67.4 cm³/mol. The fourth-order valence-corrected chi connectivity index (χ4v) is 2.80. The van der Waals surface area contributed by atoms with Crippen LogP contribution in [0.2, 0.25) is 0 Å². The van der Waals surface area contributed by atoms with Crippen LogP contribution in [-0.4, -0.2) is 24.5 Å². The molecule has 1 fully saturated rings. The average molecular weight is 234 g/mol. The van der Waals surface area contributed by atoms with Gasteiger partial charge >= 0.3 is 0 Å². The molecule has 0 amide bonds. The molecular formula is C13H18N2S. The van der Waals surface area contributed by atoms with Gasteiger partial charge in [-0.1, -0.05) is 6.07 Å². The molecule has 86 valence electrons. The highest BCUT2D eigenvalue weighted by Crippen LogP contribution is 2.29. The van der Waals surface area contributed by atoms with Crippen LogP contribution >= 0.6 is 11.3 Å². The van der Waals surface area contributed by atoms with Gasteiger partial charge in [0.05, 0.1) is 11.5 Å². The molecular weight excluding hydrogens is 216 g/mol. The molecule has 0 aromatic carbocycles. The van der Waals surface area contributed by atoms with E-state index in [4.69, 9.17) is 5.26 Å². The molecule has 1 saturated heterocycles. The number of thiophene rings is 1. The Morgan fingerprint density at radius 2 is 2.25 bits per heavy atom. The Morgan fingerprint density at radius 1 is 1.50 bits per heavy atom. The molecule has 3 heteroatoms. The second kappa shape index (κ2) is 4.99. The van der Waals surface area contributed by atoms with Gasteiger partial charge in [0.2, 0.25) is 0 Å². The molecule has 2 heterocycles. The van der Waals surface area contributed by atoms with Crippen molar-refractivity contribution in [2.24, 2.45) is 5.41 Å². The van der Waals surface area contributed by atoms with Crippen LogP contribution in [0.4, 0.5) is 0 Å². The van der Waals surface area contributed by atoms with E-state index in [0.717, 1.165) is 38.9 Å². The number of nitrogens with zero attached hydrogens (tertiary/aromatic N) is 2. The lowest BCUT2D eigenvalue weighted by Gasteiger charge is -2.34. The highest BCUT2D eigenvalue weighted by Gasteiger charge is 2.29. The first-order chi connectivity index (χ1) is 7.72. The van der Waals surface area contributed by atoms with Gasteiger partial charge in [-0.3, -0.25) is 0 Å². The minimum atomic E-state index is -0.0700. The van der Waals surface area contributed by atoms with Crippen molar-refractivity contribution < 1.29 is 0 Å². The van der Waals surface area contributed by atoms with Gasteiger partial charge in [-0.15, -0.1) is 11.3 Å². The van der Waals surface area contributed by atoms with Crippen molar-refractivity contribution >= 4 is 11.3 Å². The summed E-state index contributed by atoms with van der Waals surface area (Å²) in [5, 5.41) is 11.2. The Balaban J connectivity index is 1.76. The maximum absolute atomic E-state index is 9.05. The lowest BCUT2D eigenvalue weighted by molar-refractivity contribution is 0.158. The van der Waals surface area contributed by atoms with Crippen LogP contribution in [0.5, 0.6) is 0 Å². The van der Waals surface area contributed by atoms with Gasteiger partial charge < -0.3 is 4.90 Å². The van der Waals surface area contributed by atoms with Crippen molar-refractivity contribution in [1.29, 1.82) is 5.26 Å². The Bertz CT molecular complexity index is 356. The van der Waals surface area contributed by atoms with Gasteiger partial charge in [-0.05, 0) is 50.7 Å². The van der Waals surface area contributed by atoms with Crippen molar-refractivity contribution in [3.05, 3.63) is 22.4 Å². The first-order valence-electron chi connectivity index (χ1n) is 5.88. The quantitative estimate of drug-likeness (QED) is 0.804. The number of likely N-dealkylation sites (tertiary alicyclic amines) is 1. The van der Waals surface area contributed by atoms with Crippen molar-refractivity contribution in [2.75, 3.05) is 19.6 Å². The molecule has 0 aliphatic carbocycles. The molecule has 1 aromatic rings. The smallest absolute Gasteiger partial charge is 0.0687 e. The molecule has 0 bridgehead atoms. The lowest BCUT2D eigenvalue weighted by Crippen LogP contribution is -2.38. The third-order valence-corrected chi connectivity index (χ3v) is 4.42. The van der Waals surface area contributed by atoms with Crippen LogP contribution < -0.4 is 0 Å². The summed E-state index contributed by atoms with van der Waals surface area (Å²) in [6.45, 7) is 5.39. The normalized spacial score (nSPS) is 20.5. The molecule has 1 aliphatic heterocycles. The van der Waals surface area contributed by atoms with Crippen LogP contribution in [0.25, 0.3) is 0 Å². The minimum absolute atomic E-state index is 0.0700. The summed E-state index contributed by atoms with van der Waals surface area (Å²) in [7, 11) is 0. The minimum Gasteiger partial charge on any atom is -0.303 e. The zero-order valence-electron chi connectivity index (χ0n) is 9.78. The molecule has 0 N–H and O–H groups in total. The maximum atomic E-state index is 9.05. The zero-order chi connectivity index (χ0) is 11.4. The third kappa shape index (κ3) is 2.84. The molecule has 16 heavy (non-hydrogen) atoms. The second-order valence-electron chi connectivity index (χ2n) is 4.84. The summed E-state index contributed by atoms with van der Waals surface area (Å²) < 4.78 is 0. The lowest BCUT2D eigenvalue weighted by atomic mass is 9.82. The molecule has 0 radical (unpaired) electrons. The fourth-order valence-electron chi connectivity index (χ4n) is 2.11. The van der Waals surface area contributed by atoms with Gasteiger partial charge in [-0.25, -0.2) is 0 Å². The van der Waals surface area contributed by atoms with E-state index in [1.54, 1.807) is 0 Å². The van der Waals surface area contributed by atoms with Crippen LogP contribution in [0.1, 0.15) is 24.6 Å². The molecule has 0 spiro atoms. The number of hydrogen-bond donors (Lipinski definition) is 0. The van der Waals surface area contributed by atoms with E-state index in [-0.39, 0.29) is 5.41 Å². The van der Waals surface area contributed by atoms with Crippen LogP contribution in [0.15, 0.2) is 17.5 Å². The van der Waals surface area contributed by atoms with Crippen LogP contribution in [-0.2, 0) is 6.42 Å². The summed E-state index contributed by atoms with van der Waals surface area (Å²) >= 11 is 1.84. The van der Waals surface area contributed by atoms with E-state index in [0.29, 0.717) is 0 Å². The van der Waals surface area contributed by atoms with E-state index in [1.807, 2.05) is 11.3 Å². The SMILES string of the molecule is CC1(C#N)CCN(CCc2cccs2)CC1. The van der Waals surface area contributed by atoms with Crippen molar-refractivity contribution in [3.8, 4) is 6.07 Å². The van der Waals surface area contributed by atoms with Gasteiger partial charge in [-0.2, -0.15) is 5.26 Å². The van der Waals surface area contributed by atoms with E-state index in [2.05, 4.69) is 35.4 Å². The summed E-state index contributed by atoms with van der Waals surface area (Å²) in [4.78, 5) is 3.95. The second-order valence-corrected chi connectivity index (χ2v) is 5.88. The summed E-state index contributed by atoms with van der Waals surface area (Å²) in [6, 6.07) is 6.76. The average Bonchev–Trinajstić information content (AvgIpc) is 2.81. The molecule has 0 unspecified atom stereocenters. The number of piperidine rings is 1. The Kier molecular flexibility index (Phi) is 3.63. The number of rotatable bonds is 3. The van der Waals surface area contributed by atoms with Crippen molar-refractivity contribution in [3.63, 3.8) is 0 Å². The number of nitriles is 1. The highest BCUT2D eigenvalue weighted by molar-refractivity contribution is 7.09. The van der Waals surface area contributed by atoms with Crippen molar-refractivity contribution in [2.45, 2.75) is 26.2 Å². The molecule has 1 aliphatic rings. The zero-order valence-corrected chi connectivity index (χ0v) is 10.6. The highest BCUT2D eigenvalue weighted by atomic mass is 32.1. The van der Waals surface area contributed by atoms with Crippen LogP contribution in [0, 0.1) is 16.7 Å².